The molecule has 3 heteroatoms. The van der Waals surface area contributed by atoms with E-state index in [0.29, 0.717) is 18.2 Å². The van der Waals surface area contributed by atoms with Crippen LogP contribution < -0.4 is 5.32 Å². The van der Waals surface area contributed by atoms with E-state index in [1.54, 1.807) is 0 Å². The van der Waals surface area contributed by atoms with Gasteiger partial charge in [0.05, 0.1) is 12.2 Å². The Balaban J connectivity index is 1.67. The minimum absolute atomic E-state index is 0.531. The molecule has 0 aromatic heterocycles. The molecule has 18 heavy (non-hydrogen) atoms. The molecule has 3 fully saturated rings. The van der Waals surface area contributed by atoms with Gasteiger partial charge in [-0.15, -0.1) is 0 Å². The van der Waals surface area contributed by atoms with E-state index in [0.717, 1.165) is 18.5 Å². The van der Waals surface area contributed by atoms with Crippen LogP contribution in [0.25, 0.3) is 0 Å². The minimum Gasteiger partial charge on any atom is -0.372 e. The van der Waals surface area contributed by atoms with Gasteiger partial charge in [0.1, 0.15) is 0 Å². The van der Waals surface area contributed by atoms with Crippen molar-refractivity contribution in [3.63, 3.8) is 0 Å². The smallest absolute Gasteiger partial charge is 0.0707 e. The van der Waals surface area contributed by atoms with E-state index in [1.807, 2.05) is 0 Å². The monoisotopic (exact) mass is 252 g/mol. The fourth-order valence-corrected chi connectivity index (χ4v) is 4.17. The Morgan fingerprint density at radius 3 is 2.50 bits per heavy atom. The number of rotatable bonds is 3. The van der Waals surface area contributed by atoms with Gasteiger partial charge in [0.15, 0.2) is 0 Å². The van der Waals surface area contributed by atoms with E-state index in [4.69, 9.17) is 4.74 Å². The van der Waals surface area contributed by atoms with Crippen LogP contribution in [0.1, 0.15) is 46.0 Å². The predicted octanol–water partition coefficient (Wildman–Crippen LogP) is 2.02. The lowest BCUT2D eigenvalue weighted by Crippen LogP contribution is -2.57. The Hall–Kier alpha value is -0.120. The van der Waals surface area contributed by atoms with Crippen LogP contribution in [-0.4, -0.2) is 48.8 Å². The van der Waals surface area contributed by atoms with Crippen molar-refractivity contribution in [3.05, 3.63) is 0 Å². The topological polar surface area (TPSA) is 24.5 Å². The summed E-state index contributed by atoms with van der Waals surface area (Å²) in [7, 11) is 0. The molecule has 0 aromatic rings. The summed E-state index contributed by atoms with van der Waals surface area (Å²) in [5.41, 5.74) is 0. The highest BCUT2D eigenvalue weighted by atomic mass is 16.5. The summed E-state index contributed by atoms with van der Waals surface area (Å²) < 4.78 is 5.98. The summed E-state index contributed by atoms with van der Waals surface area (Å²) in [6.45, 7) is 8.11. The van der Waals surface area contributed by atoms with Gasteiger partial charge in [0.2, 0.25) is 0 Å². The average molecular weight is 252 g/mol. The second-order valence-corrected chi connectivity index (χ2v) is 6.56. The molecule has 104 valence electrons. The maximum Gasteiger partial charge on any atom is 0.0707 e. The second kappa shape index (κ2) is 5.48. The summed E-state index contributed by atoms with van der Waals surface area (Å²) in [5, 5.41) is 3.72. The highest BCUT2D eigenvalue weighted by molar-refractivity contribution is 4.95. The first-order valence-electron chi connectivity index (χ1n) is 7.89. The lowest BCUT2D eigenvalue weighted by atomic mass is 9.82. The summed E-state index contributed by atoms with van der Waals surface area (Å²) in [4.78, 5) is 2.74. The van der Waals surface area contributed by atoms with Gasteiger partial charge in [-0.3, -0.25) is 4.90 Å². The van der Waals surface area contributed by atoms with Crippen LogP contribution in [0.3, 0.4) is 0 Å². The third-order valence-corrected chi connectivity index (χ3v) is 5.09. The van der Waals surface area contributed by atoms with Crippen LogP contribution >= 0.6 is 0 Å². The molecule has 2 saturated heterocycles. The zero-order valence-corrected chi connectivity index (χ0v) is 11.9. The van der Waals surface area contributed by atoms with Gasteiger partial charge in [0, 0.05) is 25.2 Å². The Labute approximate surface area is 111 Å². The molecular weight excluding hydrogens is 224 g/mol. The molecular formula is C15H28N2O. The van der Waals surface area contributed by atoms with Crippen LogP contribution in [-0.2, 0) is 4.74 Å². The largest absolute Gasteiger partial charge is 0.372 e. The van der Waals surface area contributed by atoms with Crippen molar-refractivity contribution in [1.29, 1.82) is 0 Å². The first kappa shape index (κ1) is 12.9. The summed E-state index contributed by atoms with van der Waals surface area (Å²) in [6.07, 6.45) is 7.76. The maximum atomic E-state index is 5.98. The molecule has 3 nitrogen and oxygen atoms in total. The van der Waals surface area contributed by atoms with Crippen LogP contribution in [0, 0.1) is 5.92 Å². The van der Waals surface area contributed by atoms with Crippen molar-refractivity contribution in [3.8, 4) is 0 Å². The van der Waals surface area contributed by atoms with Crippen molar-refractivity contribution in [2.45, 2.75) is 70.2 Å². The summed E-state index contributed by atoms with van der Waals surface area (Å²) in [6, 6.07) is 1.46. The van der Waals surface area contributed by atoms with Crippen molar-refractivity contribution in [2.24, 2.45) is 5.92 Å². The Morgan fingerprint density at radius 1 is 1.11 bits per heavy atom. The molecule has 0 spiro atoms. The quantitative estimate of drug-likeness (QED) is 0.831. The molecule has 1 aliphatic carbocycles. The molecule has 1 saturated carbocycles. The van der Waals surface area contributed by atoms with E-state index >= 15 is 0 Å². The second-order valence-electron chi connectivity index (χ2n) is 6.56. The molecule has 5 atom stereocenters. The number of morpholine rings is 1. The Bertz CT molecular complexity index is 272. The molecule has 2 bridgehead atoms. The van der Waals surface area contributed by atoms with Gasteiger partial charge in [-0.25, -0.2) is 0 Å². The van der Waals surface area contributed by atoms with E-state index in [-0.39, 0.29) is 0 Å². The van der Waals surface area contributed by atoms with Gasteiger partial charge >= 0.3 is 0 Å². The van der Waals surface area contributed by atoms with Crippen LogP contribution in [0.15, 0.2) is 0 Å². The molecule has 2 heterocycles. The minimum atomic E-state index is 0.531. The lowest BCUT2D eigenvalue weighted by molar-refractivity contribution is -0.0649. The maximum absolute atomic E-state index is 5.98. The summed E-state index contributed by atoms with van der Waals surface area (Å²) in [5.74, 6) is 0.894. The molecule has 3 aliphatic rings. The number of nitrogens with zero attached hydrogens (tertiary/aromatic N) is 1. The van der Waals surface area contributed by atoms with Crippen molar-refractivity contribution < 1.29 is 4.74 Å². The molecule has 3 rings (SSSR count). The Morgan fingerprint density at radius 2 is 1.83 bits per heavy atom. The van der Waals surface area contributed by atoms with Gasteiger partial charge in [-0.05, 0) is 44.6 Å². The molecule has 0 radical (unpaired) electrons. The molecule has 2 aliphatic heterocycles. The normalized spacial score (nSPS) is 45.3. The van der Waals surface area contributed by atoms with Crippen molar-refractivity contribution in [2.75, 3.05) is 19.6 Å². The van der Waals surface area contributed by atoms with E-state index in [1.165, 1.54) is 45.2 Å². The van der Waals surface area contributed by atoms with E-state index in [2.05, 4.69) is 24.1 Å². The molecule has 1 N–H and O–H groups in total. The zero-order valence-electron chi connectivity index (χ0n) is 11.9. The van der Waals surface area contributed by atoms with Gasteiger partial charge in [-0.1, -0.05) is 13.8 Å². The zero-order chi connectivity index (χ0) is 12.5. The predicted molar refractivity (Wildman–Crippen MR) is 73.7 cm³/mol. The number of likely N-dealkylation sites (N-methyl/N-ethyl adjacent to an activating group) is 1. The molecule has 0 amide bonds. The molecule has 5 unspecified atom stereocenters. The van der Waals surface area contributed by atoms with Crippen molar-refractivity contribution in [1.82, 2.24) is 10.2 Å². The van der Waals surface area contributed by atoms with Crippen LogP contribution in [0.5, 0.6) is 0 Å². The highest BCUT2D eigenvalue weighted by Gasteiger charge is 2.40. The number of fused-ring (bicyclic) bond motifs is 2. The van der Waals surface area contributed by atoms with Crippen molar-refractivity contribution >= 4 is 0 Å². The standard InChI is InChI=1S/C15H28N2O/c1-3-16-14-7-4-11(2)8-15(14)17-9-12-5-6-13(10-17)18-12/h11-16H,3-10H2,1-2H3. The van der Waals surface area contributed by atoms with E-state index in [9.17, 15) is 0 Å². The fourth-order valence-electron chi connectivity index (χ4n) is 4.17. The molecule has 0 aromatic carbocycles. The summed E-state index contributed by atoms with van der Waals surface area (Å²) >= 11 is 0. The van der Waals surface area contributed by atoms with Gasteiger partial charge < -0.3 is 10.1 Å². The number of hydrogen-bond acceptors (Lipinski definition) is 3. The number of hydrogen-bond donors (Lipinski definition) is 1. The fraction of sp³-hybridized carbons (Fsp3) is 1.00. The third-order valence-electron chi connectivity index (χ3n) is 5.09. The van der Waals surface area contributed by atoms with Crippen LogP contribution in [0.2, 0.25) is 0 Å². The van der Waals surface area contributed by atoms with Gasteiger partial charge in [-0.2, -0.15) is 0 Å². The average Bonchev–Trinajstić information content (AvgIpc) is 2.71. The SMILES string of the molecule is CCNC1CCC(C)CC1N1CC2CCC(C1)O2. The first-order chi connectivity index (χ1) is 8.76. The number of nitrogens with one attached hydrogen (secondary N) is 1. The van der Waals surface area contributed by atoms with Gasteiger partial charge in [0.25, 0.3) is 0 Å². The number of ether oxygens (including phenoxy) is 1. The van der Waals surface area contributed by atoms with Crippen LogP contribution in [0.4, 0.5) is 0 Å². The highest BCUT2D eigenvalue weighted by Crippen LogP contribution is 2.33. The third kappa shape index (κ3) is 2.59. The lowest BCUT2D eigenvalue weighted by Gasteiger charge is -2.45. The first-order valence-corrected chi connectivity index (χ1v) is 7.89. The Kier molecular flexibility index (Phi) is 3.92. The number of likely N-dealkylation sites (tertiary alicyclic amines) is 1. The van der Waals surface area contributed by atoms with E-state index < -0.39 is 0 Å².